The lowest BCUT2D eigenvalue weighted by atomic mass is 10.2. The highest BCUT2D eigenvalue weighted by molar-refractivity contribution is 5.69. The highest BCUT2D eigenvalue weighted by Crippen LogP contribution is 2.14. The summed E-state index contributed by atoms with van der Waals surface area (Å²) < 4.78 is 15.9. The van der Waals surface area contributed by atoms with Crippen LogP contribution in [-0.2, 0) is 14.3 Å². The monoisotopic (exact) mass is 265 g/mol. The number of rotatable bonds is 6. The van der Waals surface area contributed by atoms with E-state index in [0.29, 0.717) is 24.7 Å². The summed E-state index contributed by atoms with van der Waals surface area (Å²) in [6.07, 6.45) is 2.32. The van der Waals surface area contributed by atoms with Crippen LogP contribution in [0, 0.1) is 0 Å². The maximum Gasteiger partial charge on any atom is 0.309 e. The molecule has 1 aromatic rings. The van der Waals surface area contributed by atoms with E-state index in [9.17, 15) is 4.79 Å². The van der Waals surface area contributed by atoms with Crippen molar-refractivity contribution in [2.75, 3.05) is 25.6 Å². The minimum Gasteiger partial charge on any atom is -0.493 e. The van der Waals surface area contributed by atoms with Crippen molar-refractivity contribution in [3.05, 3.63) is 24.3 Å². The molecule has 1 fully saturated rings. The van der Waals surface area contributed by atoms with Crippen LogP contribution < -0.4 is 10.5 Å². The van der Waals surface area contributed by atoms with E-state index < -0.39 is 0 Å². The molecule has 1 aliphatic heterocycles. The summed E-state index contributed by atoms with van der Waals surface area (Å²) in [4.78, 5) is 11.5. The molecule has 2 N–H and O–H groups in total. The summed E-state index contributed by atoms with van der Waals surface area (Å²) in [5.74, 6) is 0.437. The molecule has 0 spiro atoms. The molecule has 0 amide bonds. The molecule has 1 heterocycles. The first-order valence-corrected chi connectivity index (χ1v) is 6.49. The maximum absolute atomic E-state index is 11.5. The molecule has 2 rings (SSSR count). The molecular weight excluding hydrogens is 246 g/mol. The predicted octanol–water partition coefficient (Wildman–Crippen LogP) is 1.76. The number of carbonyl (C=O) groups is 1. The van der Waals surface area contributed by atoms with E-state index in [1.54, 1.807) is 24.3 Å². The van der Waals surface area contributed by atoms with Crippen molar-refractivity contribution >= 4 is 11.7 Å². The van der Waals surface area contributed by atoms with Gasteiger partial charge in [-0.3, -0.25) is 4.79 Å². The Morgan fingerprint density at radius 2 is 2.16 bits per heavy atom. The van der Waals surface area contributed by atoms with E-state index in [2.05, 4.69) is 0 Å². The van der Waals surface area contributed by atoms with Gasteiger partial charge in [0, 0.05) is 12.3 Å². The average molecular weight is 265 g/mol. The fourth-order valence-corrected chi connectivity index (χ4v) is 1.85. The van der Waals surface area contributed by atoms with Crippen molar-refractivity contribution in [1.29, 1.82) is 0 Å². The number of carbonyl (C=O) groups excluding carboxylic acids is 1. The second kappa shape index (κ2) is 6.99. The van der Waals surface area contributed by atoms with Crippen molar-refractivity contribution in [1.82, 2.24) is 0 Å². The topological polar surface area (TPSA) is 70.8 Å². The summed E-state index contributed by atoms with van der Waals surface area (Å²) >= 11 is 0. The summed E-state index contributed by atoms with van der Waals surface area (Å²) in [5, 5.41) is 0. The Morgan fingerprint density at radius 1 is 1.37 bits per heavy atom. The highest BCUT2D eigenvalue weighted by Gasteiger charge is 2.17. The van der Waals surface area contributed by atoms with Gasteiger partial charge in [-0.15, -0.1) is 0 Å². The molecule has 0 aliphatic carbocycles. The molecule has 5 heteroatoms. The van der Waals surface area contributed by atoms with Gasteiger partial charge in [0.15, 0.2) is 0 Å². The Morgan fingerprint density at radius 3 is 2.84 bits per heavy atom. The van der Waals surface area contributed by atoms with Gasteiger partial charge in [0.2, 0.25) is 0 Å². The van der Waals surface area contributed by atoms with Crippen molar-refractivity contribution in [3.8, 4) is 5.75 Å². The fourth-order valence-electron chi connectivity index (χ4n) is 1.85. The second-order valence-electron chi connectivity index (χ2n) is 4.49. The zero-order valence-corrected chi connectivity index (χ0v) is 10.8. The van der Waals surface area contributed by atoms with Crippen molar-refractivity contribution in [3.63, 3.8) is 0 Å². The third-order valence-corrected chi connectivity index (χ3v) is 2.91. The Kier molecular flexibility index (Phi) is 5.03. The van der Waals surface area contributed by atoms with Gasteiger partial charge in [0.25, 0.3) is 0 Å². The number of hydrogen-bond donors (Lipinski definition) is 1. The van der Waals surface area contributed by atoms with Gasteiger partial charge in [-0.25, -0.2) is 0 Å². The molecule has 1 aromatic carbocycles. The van der Waals surface area contributed by atoms with Gasteiger partial charge in [0.05, 0.1) is 19.1 Å². The second-order valence-corrected chi connectivity index (χ2v) is 4.49. The highest BCUT2D eigenvalue weighted by atomic mass is 16.6. The van der Waals surface area contributed by atoms with Gasteiger partial charge in [0.1, 0.15) is 12.4 Å². The Labute approximate surface area is 112 Å². The van der Waals surface area contributed by atoms with Crippen molar-refractivity contribution in [2.24, 2.45) is 0 Å². The molecule has 5 nitrogen and oxygen atoms in total. The third-order valence-electron chi connectivity index (χ3n) is 2.91. The first kappa shape index (κ1) is 13.7. The lowest BCUT2D eigenvalue weighted by molar-refractivity contribution is -0.147. The Bertz CT molecular complexity index is 398. The van der Waals surface area contributed by atoms with E-state index >= 15 is 0 Å². The van der Waals surface area contributed by atoms with Crippen molar-refractivity contribution in [2.45, 2.75) is 25.4 Å². The van der Waals surface area contributed by atoms with E-state index in [-0.39, 0.29) is 18.5 Å². The van der Waals surface area contributed by atoms with Crippen LogP contribution in [0.3, 0.4) is 0 Å². The maximum atomic E-state index is 11.5. The van der Waals surface area contributed by atoms with E-state index in [1.807, 2.05) is 0 Å². The number of hydrogen-bond acceptors (Lipinski definition) is 5. The van der Waals surface area contributed by atoms with Crippen LogP contribution in [0.25, 0.3) is 0 Å². The SMILES string of the molecule is Nc1ccc(OCCC(=O)OCC2CCCO2)cc1. The molecule has 0 radical (unpaired) electrons. The van der Waals surface area contributed by atoms with E-state index in [1.165, 1.54) is 0 Å². The smallest absolute Gasteiger partial charge is 0.309 e. The number of ether oxygens (including phenoxy) is 3. The lowest BCUT2D eigenvalue weighted by Crippen LogP contribution is -2.19. The molecule has 0 saturated carbocycles. The number of esters is 1. The van der Waals surface area contributed by atoms with Gasteiger partial charge in [-0.05, 0) is 37.1 Å². The largest absolute Gasteiger partial charge is 0.493 e. The molecule has 0 bridgehead atoms. The molecule has 1 atom stereocenters. The van der Waals surface area contributed by atoms with Gasteiger partial charge in [-0.1, -0.05) is 0 Å². The first-order valence-electron chi connectivity index (χ1n) is 6.49. The van der Waals surface area contributed by atoms with Gasteiger partial charge >= 0.3 is 5.97 Å². The minimum absolute atomic E-state index is 0.0713. The van der Waals surface area contributed by atoms with Crippen LogP contribution in [0.4, 0.5) is 5.69 Å². The molecule has 19 heavy (non-hydrogen) atoms. The molecule has 1 aliphatic rings. The summed E-state index contributed by atoms with van der Waals surface area (Å²) in [6.45, 7) is 1.41. The van der Waals surface area contributed by atoms with E-state index in [0.717, 1.165) is 19.4 Å². The molecule has 104 valence electrons. The number of nitrogens with two attached hydrogens (primary N) is 1. The van der Waals surface area contributed by atoms with Gasteiger partial charge < -0.3 is 19.9 Å². The standard InChI is InChI=1S/C14H19NO4/c15-11-3-5-12(6-4-11)18-9-7-14(16)19-10-13-2-1-8-17-13/h3-6,13H,1-2,7-10,15H2. The Balaban J connectivity index is 1.59. The van der Waals surface area contributed by atoms with Crippen LogP contribution in [0.2, 0.25) is 0 Å². The normalized spacial score (nSPS) is 18.2. The number of nitrogen functional groups attached to an aromatic ring is 1. The number of anilines is 1. The predicted molar refractivity (Wildman–Crippen MR) is 70.9 cm³/mol. The lowest BCUT2D eigenvalue weighted by Gasteiger charge is -2.10. The summed E-state index contributed by atoms with van der Waals surface area (Å²) in [7, 11) is 0. The Hall–Kier alpha value is -1.75. The molecular formula is C14H19NO4. The average Bonchev–Trinajstić information content (AvgIpc) is 2.92. The van der Waals surface area contributed by atoms with Crippen LogP contribution in [0.15, 0.2) is 24.3 Å². The van der Waals surface area contributed by atoms with Gasteiger partial charge in [-0.2, -0.15) is 0 Å². The summed E-state index contributed by atoms with van der Waals surface area (Å²) in [6, 6.07) is 7.05. The fraction of sp³-hybridized carbons (Fsp3) is 0.500. The molecule has 0 aromatic heterocycles. The molecule has 1 saturated heterocycles. The third kappa shape index (κ3) is 4.79. The van der Waals surface area contributed by atoms with Crippen molar-refractivity contribution < 1.29 is 19.0 Å². The van der Waals surface area contributed by atoms with Crippen LogP contribution in [-0.4, -0.2) is 31.9 Å². The van der Waals surface area contributed by atoms with E-state index in [4.69, 9.17) is 19.9 Å². The van der Waals surface area contributed by atoms with Crippen LogP contribution in [0.1, 0.15) is 19.3 Å². The zero-order chi connectivity index (χ0) is 13.5. The molecule has 1 unspecified atom stereocenters. The zero-order valence-electron chi connectivity index (χ0n) is 10.8. The van der Waals surface area contributed by atoms with Crippen LogP contribution >= 0.6 is 0 Å². The minimum atomic E-state index is -0.258. The number of benzene rings is 1. The van der Waals surface area contributed by atoms with Crippen LogP contribution in [0.5, 0.6) is 5.75 Å². The quantitative estimate of drug-likeness (QED) is 0.627. The summed E-state index contributed by atoms with van der Waals surface area (Å²) in [5.41, 5.74) is 6.24. The first-order chi connectivity index (χ1) is 9.24.